The molecule has 0 atom stereocenters. The summed E-state index contributed by atoms with van der Waals surface area (Å²) in [4.78, 5) is 8.93. The van der Waals surface area contributed by atoms with Crippen molar-refractivity contribution in [1.82, 2.24) is 20.3 Å². The molecule has 128 valence electrons. The Balaban J connectivity index is 1.82. The van der Waals surface area contributed by atoms with Crippen LogP contribution in [0.2, 0.25) is 0 Å². The largest absolute Gasteiger partial charge is 0.361 e. The van der Waals surface area contributed by atoms with Gasteiger partial charge in [0.1, 0.15) is 11.5 Å². The lowest BCUT2D eigenvalue weighted by Crippen LogP contribution is -1.92. The highest BCUT2D eigenvalue weighted by Gasteiger charge is 2.21. The third kappa shape index (κ3) is 3.65. The lowest BCUT2D eigenvalue weighted by Gasteiger charge is -2.02. The first-order chi connectivity index (χ1) is 11.4. The first-order valence-corrected chi connectivity index (χ1v) is 11.3. The highest BCUT2D eigenvalue weighted by molar-refractivity contribution is 7.62. The maximum atomic E-state index is 11.8. The van der Waals surface area contributed by atoms with E-state index in [0.717, 1.165) is 22.7 Å². The number of hydrogen-bond acceptors (Lipinski definition) is 8. The van der Waals surface area contributed by atoms with Crippen molar-refractivity contribution in [3.05, 3.63) is 21.8 Å². The van der Waals surface area contributed by atoms with Crippen LogP contribution in [0.5, 0.6) is 0 Å². The van der Waals surface area contributed by atoms with Crippen LogP contribution >= 0.6 is 18.5 Å². The van der Waals surface area contributed by atoms with Gasteiger partial charge in [-0.05, 0) is 26.7 Å². The number of hydrogen-bond donors (Lipinski definition) is 0. The molecule has 0 amide bonds. The minimum Gasteiger partial charge on any atom is -0.361 e. The Morgan fingerprint density at radius 1 is 1.21 bits per heavy atom. The van der Waals surface area contributed by atoms with Crippen LogP contribution in [0.25, 0.3) is 23.0 Å². The third-order valence-corrected chi connectivity index (χ3v) is 5.76. The van der Waals surface area contributed by atoms with Crippen molar-refractivity contribution < 1.29 is 13.6 Å². The normalized spacial score (nSPS) is 12.0. The van der Waals surface area contributed by atoms with Crippen LogP contribution in [-0.2, 0) is 17.4 Å². The molecule has 0 saturated heterocycles. The SMILES string of the molecule is CCc1noc(C)c1-c1noc(-c2csc(CCP(C)(C)=O)n2)n1. The molecule has 0 radical (unpaired) electrons. The molecule has 0 aliphatic carbocycles. The molecule has 7 nitrogen and oxygen atoms in total. The lowest BCUT2D eigenvalue weighted by molar-refractivity contribution is 0.391. The van der Waals surface area contributed by atoms with E-state index < -0.39 is 7.14 Å². The molecule has 0 bridgehead atoms. The number of nitrogens with zero attached hydrogens (tertiary/aromatic N) is 4. The van der Waals surface area contributed by atoms with E-state index in [1.165, 1.54) is 11.3 Å². The number of rotatable bonds is 6. The van der Waals surface area contributed by atoms with Gasteiger partial charge in [-0.25, -0.2) is 4.98 Å². The van der Waals surface area contributed by atoms with Crippen molar-refractivity contribution >= 4 is 18.5 Å². The lowest BCUT2D eigenvalue weighted by atomic mass is 10.1. The summed E-state index contributed by atoms with van der Waals surface area (Å²) < 4.78 is 22.4. The van der Waals surface area contributed by atoms with Gasteiger partial charge in [-0.15, -0.1) is 11.3 Å². The monoisotopic (exact) mass is 366 g/mol. The molecule has 0 N–H and O–H groups in total. The minimum atomic E-state index is -2.04. The van der Waals surface area contributed by atoms with E-state index in [1.54, 1.807) is 13.3 Å². The summed E-state index contributed by atoms with van der Waals surface area (Å²) in [7, 11) is -2.04. The van der Waals surface area contributed by atoms with Crippen LogP contribution in [0, 0.1) is 6.92 Å². The molecule has 0 aliphatic heterocycles. The van der Waals surface area contributed by atoms with Gasteiger partial charge in [0.25, 0.3) is 5.89 Å². The number of thiazole rings is 1. The molecule has 0 spiro atoms. The molecule has 0 fully saturated rings. The standard InChI is InChI=1S/C15H19N4O3PS/c1-5-10-13(9(2)21-18-10)14-17-15(22-19-14)11-8-24-12(16-11)6-7-23(3,4)20/h8H,5-7H2,1-4H3. The van der Waals surface area contributed by atoms with Gasteiger partial charge in [0.05, 0.1) is 23.4 Å². The molecule has 0 aliphatic rings. The molecule has 9 heteroatoms. The molecule has 3 rings (SSSR count). The van der Waals surface area contributed by atoms with Crippen LogP contribution in [-0.4, -0.2) is 39.8 Å². The summed E-state index contributed by atoms with van der Waals surface area (Å²) in [6, 6.07) is 0. The Morgan fingerprint density at radius 2 is 2.00 bits per heavy atom. The van der Waals surface area contributed by atoms with Crippen molar-refractivity contribution in [3.63, 3.8) is 0 Å². The molecular weight excluding hydrogens is 347 g/mol. The first-order valence-electron chi connectivity index (χ1n) is 7.65. The zero-order valence-electron chi connectivity index (χ0n) is 14.1. The highest BCUT2D eigenvalue weighted by atomic mass is 32.1. The maximum Gasteiger partial charge on any atom is 0.277 e. The van der Waals surface area contributed by atoms with Crippen LogP contribution < -0.4 is 0 Å². The van der Waals surface area contributed by atoms with Crippen LogP contribution in [0.3, 0.4) is 0 Å². The molecule has 3 heterocycles. The maximum absolute atomic E-state index is 11.8. The van der Waals surface area contributed by atoms with Gasteiger partial charge in [-0.2, -0.15) is 4.98 Å². The zero-order valence-corrected chi connectivity index (χ0v) is 15.8. The van der Waals surface area contributed by atoms with E-state index in [1.807, 2.05) is 19.2 Å². The average molecular weight is 366 g/mol. The van der Waals surface area contributed by atoms with E-state index >= 15 is 0 Å². The molecule has 24 heavy (non-hydrogen) atoms. The van der Waals surface area contributed by atoms with Crippen LogP contribution in [0.1, 0.15) is 23.4 Å². The number of aromatic nitrogens is 4. The fourth-order valence-corrected chi connectivity index (χ4v) is 3.94. The van der Waals surface area contributed by atoms with Gasteiger partial charge in [0.2, 0.25) is 5.82 Å². The van der Waals surface area contributed by atoms with Gasteiger partial charge in [0.15, 0.2) is 0 Å². The van der Waals surface area contributed by atoms with Gasteiger partial charge < -0.3 is 13.6 Å². The second-order valence-corrected chi connectivity index (χ2v) is 10.5. The van der Waals surface area contributed by atoms with Gasteiger partial charge in [-0.3, -0.25) is 0 Å². The second kappa shape index (κ2) is 6.61. The Morgan fingerprint density at radius 3 is 2.71 bits per heavy atom. The third-order valence-electron chi connectivity index (χ3n) is 3.55. The average Bonchev–Trinajstić information content (AvgIpc) is 3.22. The van der Waals surface area contributed by atoms with Gasteiger partial charge in [-0.1, -0.05) is 17.2 Å². The van der Waals surface area contributed by atoms with Crippen LogP contribution in [0.4, 0.5) is 0 Å². The molecule has 0 saturated carbocycles. The summed E-state index contributed by atoms with van der Waals surface area (Å²) in [5.41, 5.74) is 2.23. The predicted molar refractivity (Wildman–Crippen MR) is 93.0 cm³/mol. The van der Waals surface area contributed by atoms with Crippen molar-refractivity contribution in [2.24, 2.45) is 0 Å². The Hall–Kier alpha value is -1.79. The second-order valence-electron chi connectivity index (χ2n) is 6.01. The van der Waals surface area contributed by atoms with E-state index in [0.29, 0.717) is 35.8 Å². The summed E-state index contributed by atoms with van der Waals surface area (Å²) >= 11 is 1.51. The van der Waals surface area contributed by atoms with Gasteiger partial charge in [0, 0.05) is 18.0 Å². The summed E-state index contributed by atoms with van der Waals surface area (Å²) in [5.74, 6) is 1.49. The van der Waals surface area contributed by atoms with Crippen LogP contribution in [0.15, 0.2) is 14.4 Å². The molecule has 3 aromatic rings. The fourth-order valence-electron chi connectivity index (χ4n) is 2.26. The minimum absolute atomic E-state index is 0.367. The van der Waals surface area contributed by atoms with Crippen molar-refractivity contribution in [3.8, 4) is 23.0 Å². The Labute approximate surface area is 143 Å². The number of aryl methyl sites for hydroxylation is 3. The topological polar surface area (TPSA) is 94.9 Å². The van der Waals surface area contributed by atoms with Crippen molar-refractivity contribution in [1.29, 1.82) is 0 Å². The summed E-state index contributed by atoms with van der Waals surface area (Å²) in [6.07, 6.45) is 2.07. The highest BCUT2D eigenvalue weighted by Crippen LogP contribution is 2.37. The van der Waals surface area contributed by atoms with E-state index in [2.05, 4.69) is 20.3 Å². The van der Waals surface area contributed by atoms with Crippen molar-refractivity contribution in [2.75, 3.05) is 19.5 Å². The zero-order chi connectivity index (χ0) is 17.3. The quantitative estimate of drug-likeness (QED) is 0.611. The molecule has 3 aromatic heterocycles. The summed E-state index contributed by atoms with van der Waals surface area (Å²) in [6.45, 7) is 7.40. The molecular formula is C15H19N4O3PS. The van der Waals surface area contributed by atoms with E-state index in [9.17, 15) is 4.57 Å². The Kier molecular flexibility index (Phi) is 4.69. The summed E-state index contributed by atoms with van der Waals surface area (Å²) in [5, 5.41) is 10.8. The molecule has 0 aromatic carbocycles. The Bertz CT molecular complexity index is 892. The fraction of sp³-hybridized carbons (Fsp3) is 0.467. The van der Waals surface area contributed by atoms with Crippen molar-refractivity contribution in [2.45, 2.75) is 26.7 Å². The van der Waals surface area contributed by atoms with E-state index in [-0.39, 0.29) is 0 Å². The smallest absolute Gasteiger partial charge is 0.277 e. The first kappa shape index (κ1) is 17.0. The van der Waals surface area contributed by atoms with E-state index in [4.69, 9.17) is 9.05 Å². The van der Waals surface area contributed by atoms with Gasteiger partial charge >= 0.3 is 0 Å². The molecule has 0 unspecified atom stereocenters. The predicted octanol–water partition coefficient (Wildman–Crippen LogP) is 3.88.